The second kappa shape index (κ2) is 5.91. The number of halogens is 1. The van der Waals surface area contributed by atoms with Crippen LogP contribution in [0.3, 0.4) is 0 Å². The first-order chi connectivity index (χ1) is 9.81. The molecule has 4 heterocycles. The summed E-state index contributed by atoms with van der Waals surface area (Å²) >= 11 is 1.58. The van der Waals surface area contributed by atoms with E-state index in [1.807, 2.05) is 18.2 Å². The third kappa shape index (κ3) is 2.65. The maximum Gasteiger partial charge on any atom is 0.253 e. The molecular formula is C15H18ClN3OS. The Balaban J connectivity index is 0.00000132. The SMILES string of the molecule is Cl.O=C(N[C@H]1CN2CCC1CC2)c1cccc2scnc12. The van der Waals surface area contributed by atoms with E-state index in [4.69, 9.17) is 0 Å². The van der Waals surface area contributed by atoms with Crippen LogP contribution in [0.25, 0.3) is 10.2 Å². The van der Waals surface area contributed by atoms with E-state index in [0.717, 1.165) is 16.8 Å². The van der Waals surface area contributed by atoms with Crippen LogP contribution in [0.2, 0.25) is 0 Å². The predicted molar refractivity (Wildman–Crippen MR) is 87.3 cm³/mol. The van der Waals surface area contributed by atoms with Gasteiger partial charge >= 0.3 is 0 Å². The van der Waals surface area contributed by atoms with Gasteiger partial charge in [0, 0.05) is 12.6 Å². The number of nitrogens with zero attached hydrogens (tertiary/aromatic N) is 2. The molecule has 3 aliphatic heterocycles. The van der Waals surface area contributed by atoms with Crippen molar-refractivity contribution in [2.75, 3.05) is 19.6 Å². The first-order valence-electron chi connectivity index (χ1n) is 7.17. The molecule has 21 heavy (non-hydrogen) atoms. The average molecular weight is 324 g/mol. The molecule has 5 rings (SSSR count). The molecule has 1 amide bonds. The van der Waals surface area contributed by atoms with Gasteiger partial charge in [0.1, 0.15) is 0 Å². The smallest absolute Gasteiger partial charge is 0.253 e. The zero-order valence-electron chi connectivity index (χ0n) is 11.6. The van der Waals surface area contributed by atoms with Crippen LogP contribution in [0, 0.1) is 5.92 Å². The number of piperidine rings is 3. The van der Waals surface area contributed by atoms with Gasteiger partial charge in [0.15, 0.2) is 0 Å². The van der Waals surface area contributed by atoms with Crippen molar-refractivity contribution in [3.63, 3.8) is 0 Å². The van der Waals surface area contributed by atoms with E-state index < -0.39 is 0 Å². The fourth-order valence-corrected chi connectivity index (χ4v) is 4.15. The Hall–Kier alpha value is -1.17. The fraction of sp³-hybridized carbons (Fsp3) is 0.467. The fourth-order valence-electron chi connectivity index (χ4n) is 3.44. The maximum absolute atomic E-state index is 12.5. The molecule has 1 atom stereocenters. The molecule has 0 unspecified atom stereocenters. The van der Waals surface area contributed by atoms with Gasteiger partial charge in [-0.1, -0.05) is 6.07 Å². The number of nitrogens with one attached hydrogen (secondary N) is 1. The summed E-state index contributed by atoms with van der Waals surface area (Å²) in [6, 6.07) is 6.13. The minimum Gasteiger partial charge on any atom is -0.348 e. The summed E-state index contributed by atoms with van der Waals surface area (Å²) in [4.78, 5) is 19.3. The van der Waals surface area contributed by atoms with Crippen molar-refractivity contribution >= 4 is 39.9 Å². The Labute approximate surface area is 134 Å². The molecule has 1 aromatic carbocycles. The molecule has 4 nitrogen and oxygen atoms in total. The van der Waals surface area contributed by atoms with Gasteiger partial charge in [-0.15, -0.1) is 23.7 Å². The van der Waals surface area contributed by atoms with Crippen molar-refractivity contribution in [2.24, 2.45) is 5.92 Å². The molecule has 0 saturated carbocycles. The Bertz CT molecular complexity index is 651. The number of benzene rings is 1. The van der Waals surface area contributed by atoms with E-state index in [1.54, 1.807) is 16.8 Å². The summed E-state index contributed by atoms with van der Waals surface area (Å²) in [6.45, 7) is 3.39. The lowest BCUT2D eigenvalue weighted by molar-refractivity contribution is 0.0621. The van der Waals surface area contributed by atoms with Crippen LogP contribution in [-0.4, -0.2) is 41.5 Å². The minimum absolute atomic E-state index is 0. The molecular weight excluding hydrogens is 306 g/mol. The molecule has 3 aliphatic rings. The number of carbonyl (C=O) groups is 1. The summed E-state index contributed by atoms with van der Waals surface area (Å²) in [5.74, 6) is 0.679. The molecule has 3 fully saturated rings. The molecule has 1 N–H and O–H groups in total. The van der Waals surface area contributed by atoms with Gasteiger partial charge < -0.3 is 10.2 Å². The van der Waals surface area contributed by atoms with Crippen LogP contribution in [-0.2, 0) is 0 Å². The highest BCUT2D eigenvalue weighted by Gasteiger charge is 2.35. The van der Waals surface area contributed by atoms with E-state index >= 15 is 0 Å². The first-order valence-corrected chi connectivity index (χ1v) is 8.04. The number of rotatable bonds is 2. The van der Waals surface area contributed by atoms with Crippen molar-refractivity contribution < 1.29 is 4.79 Å². The highest BCUT2D eigenvalue weighted by Crippen LogP contribution is 2.28. The molecule has 0 aliphatic carbocycles. The van der Waals surface area contributed by atoms with Gasteiger partial charge in [0.25, 0.3) is 5.91 Å². The monoisotopic (exact) mass is 323 g/mol. The number of amides is 1. The quantitative estimate of drug-likeness (QED) is 0.923. The number of aromatic nitrogens is 1. The summed E-state index contributed by atoms with van der Waals surface area (Å²) in [5.41, 5.74) is 3.34. The van der Waals surface area contributed by atoms with Crippen LogP contribution in [0.15, 0.2) is 23.7 Å². The van der Waals surface area contributed by atoms with Gasteiger partial charge in [0.05, 0.1) is 21.3 Å². The van der Waals surface area contributed by atoms with E-state index in [2.05, 4.69) is 15.2 Å². The third-order valence-corrected chi connectivity index (χ3v) is 5.37. The number of fused-ring (bicyclic) bond motifs is 4. The molecule has 112 valence electrons. The Kier molecular flexibility index (Phi) is 4.15. The predicted octanol–water partition coefficient (Wildman–Crippen LogP) is 2.54. The summed E-state index contributed by atoms with van der Waals surface area (Å²) in [7, 11) is 0. The number of hydrogen-bond acceptors (Lipinski definition) is 4. The highest BCUT2D eigenvalue weighted by atomic mass is 35.5. The molecule has 2 bridgehead atoms. The van der Waals surface area contributed by atoms with Gasteiger partial charge in [-0.25, -0.2) is 4.98 Å². The first kappa shape index (κ1) is 14.8. The Morgan fingerprint density at radius 1 is 1.33 bits per heavy atom. The second-order valence-corrected chi connectivity index (χ2v) is 6.61. The topological polar surface area (TPSA) is 45.2 Å². The van der Waals surface area contributed by atoms with Crippen LogP contribution in [0.4, 0.5) is 0 Å². The Morgan fingerprint density at radius 3 is 2.86 bits per heavy atom. The van der Waals surface area contributed by atoms with Crippen molar-refractivity contribution in [3.8, 4) is 0 Å². The largest absolute Gasteiger partial charge is 0.348 e. The van der Waals surface area contributed by atoms with Crippen LogP contribution in [0.1, 0.15) is 23.2 Å². The lowest BCUT2D eigenvalue weighted by Crippen LogP contribution is -2.57. The van der Waals surface area contributed by atoms with Gasteiger partial charge in [0.2, 0.25) is 0 Å². The standard InChI is InChI=1S/C15H17N3OS.ClH/c19-15(11-2-1-3-13-14(11)16-9-20-13)17-12-8-18-6-4-10(12)5-7-18;/h1-3,9-10,12H,4-8H2,(H,17,19);1H/t12-;/m0./s1. The molecule has 3 saturated heterocycles. The summed E-state index contributed by atoms with van der Waals surface area (Å²) in [6.07, 6.45) is 2.43. The number of para-hydroxylation sites is 1. The van der Waals surface area contributed by atoms with Crippen molar-refractivity contribution in [1.82, 2.24) is 15.2 Å². The zero-order chi connectivity index (χ0) is 13.5. The minimum atomic E-state index is 0. The van der Waals surface area contributed by atoms with Crippen LogP contribution in [0.5, 0.6) is 0 Å². The van der Waals surface area contributed by atoms with E-state index in [9.17, 15) is 4.79 Å². The van der Waals surface area contributed by atoms with Crippen molar-refractivity contribution in [3.05, 3.63) is 29.3 Å². The van der Waals surface area contributed by atoms with Crippen molar-refractivity contribution in [2.45, 2.75) is 18.9 Å². The van der Waals surface area contributed by atoms with E-state index in [1.165, 1.54) is 25.9 Å². The molecule has 0 radical (unpaired) electrons. The number of carbonyl (C=O) groups excluding carboxylic acids is 1. The van der Waals surface area contributed by atoms with Crippen LogP contribution >= 0.6 is 23.7 Å². The summed E-state index contributed by atoms with van der Waals surface area (Å²) < 4.78 is 1.08. The molecule has 1 aromatic heterocycles. The lowest BCUT2D eigenvalue weighted by Gasteiger charge is -2.44. The average Bonchev–Trinajstić information content (AvgIpc) is 2.96. The third-order valence-electron chi connectivity index (χ3n) is 4.58. The maximum atomic E-state index is 12.5. The second-order valence-electron chi connectivity index (χ2n) is 5.72. The van der Waals surface area contributed by atoms with E-state index in [0.29, 0.717) is 17.5 Å². The zero-order valence-corrected chi connectivity index (χ0v) is 13.3. The van der Waals surface area contributed by atoms with Crippen molar-refractivity contribution in [1.29, 1.82) is 0 Å². The van der Waals surface area contributed by atoms with Gasteiger partial charge in [-0.05, 0) is 44.0 Å². The van der Waals surface area contributed by atoms with E-state index in [-0.39, 0.29) is 18.3 Å². The normalized spacial score (nSPS) is 27.3. The summed E-state index contributed by atoms with van der Waals surface area (Å²) in [5, 5.41) is 3.23. The van der Waals surface area contributed by atoms with Crippen LogP contribution < -0.4 is 5.32 Å². The number of hydrogen-bond donors (Lipinski definition) is 1. The highest BCUT2D eigenvalue weighted by molar-refractivity contribution is 7.16. The van der Waals surface area contributed by atoms with Gasteiger partial charge in [-0.3, -0.25) is 4.79 Å². The molecule has 2 aromatic rings. The Morgan fingerprint density at radius 2 is 2.14 bits per heavy atom. The number of thiazole rings is 1. The molecule has 6 heteroatoms. The molecule has 0 spiro atoms. The van der Waals surface area contributed by atoms with Gasteiger partial charge in [-0.2, -0.15) is 0 Å². The lowest BCUT2D eigenvalue weighted by atomic mass is 9.84.